The van der Waals surface area contributed by atoms with Crippen LogP contribution in [0.25, 0.3) is 0 Å². The molecule has 1 aromatic heterocycles. The fraction of sp³-hybridized carbons (Fsp3) is 0.267. The number of amides is 2. The summed E-state index contributed by atoms with van der Waals surface area (Å²) in [5.41, 5.74) is 0.717. The van der Waals surface area contributed by atoms with Crippen molar-refractivity contribution in [2.45, 2.75) is 13.5 Å². The van der Waals surface area contributed by atoms with E-state index in [1.807, 2.05) is 6.07 Å². The van der Waals surface area contributed by atoms with Crippen molar-refractivity contribution in [3.63, 3.8) is 0 Å². The van der Waals surface area contributed by atoms with E-state index in [1.165, 1.54) is 6.26 Å². The lowest BCUT2D eigenvalue weighted by atomic mass is 9.96. The van der Waals surface area contributed by atoms with Gasteiger partial charge >= 0.3 is 0 Å². The van der Waals surface area contributed by atoms with Crippen LogP contribution < -0.4 is 0 Å². The molecule has 108 valence electrons. The standard InChI is InChI=1S/C15H15N3O3/c1-10-12(7-16)14(19)18(8-11-5-4-6-21-11)15(20)13(10)9-17(2)3/h4-6,9H,8H2,1-3H3/b13-9-. The Morgan fingerprint density at radius 1 is 1.38 bits per heavy atom. The average Bonchev–Trinajstić information content (AvgIpc) is 2.93. The van der Waals surface area contributed by atoms with E-state index in [0.717, 1.165) is 4.90 Å². The molecule has 0 unspecified atom stereocenters. The van der Waals surface area contributed by atoms with Gasteiger partial charge in [0.2, 0.25) is 0 Å². The maximum atomic E-state index is 12.5. The molecular formula is C15H15N3O3. The van der Waals surface area contributed by atoms with Crippen molar-refractivity contribution in [2.24, 2.45) is 0 Å². The highest BCUT2D eigenvalue weighted by Gasteiger charge is 2.36. The van der Waals surface area contributed by atoms with E-state index >= 15 is 0 Å². The highest BCUT2D eigenvalue weighted by atomic mass is 16.3. The number of hydrogen-bond donors (Lipinski definition) is 0. The maximum Gasteiger partial charge on any atom is 0.272 e. The smallest absolute Gasteiger partial charge is 0.272 e. The number of hydrogen-bond acceptors (Lipinski definition) is 5. The summed E-state index contributed by atoms with van der Waals surface area (Å²) < 4.78 is 5.17. The van der Waals surface area contributed by atoms with Crippen LogP contribution in [0.4, 0.5) is 0 Å². The van der Waals surface area contributed by atoms with Gasteiger partial charge in [-0.2, -0.15) is 5.26 Å². The summed E-state index contributed by atoms with van der Waals surface area (Å²) in [7, 11) is 3.54. The van der Waals surface area contributed by atoms with Crippen LogP contribution >= 0.6 is 0 Å². The predicted octanol–water partition coefficient (Wildman–Crippen LogP) is 1.43. The molecule has 0 fully saturated rings. The van der Waals surface area contributed by atoms with E-state index in [-0.39, 0.29) is 12.1 Å². The normalized spacial score (nSPS) is 17.4. The summed E-state index contributed by atoms with van der Waals surface area (Å²) in [6, 6.07) is 5.23. The molecule has 0 saturated carbocycles. The molecule has 2 amide bonds. The highest BCUT2D eigenvalue weighted by Crippen LogP contribution is 2.26. The summed E-state index contributed by atoms with van der Waals surface area (Å²) in [4.78, 5) is 27.5. The number of carbonyl (C=O) groups is 2. The molecule has 1 aliphatic rings. The molecule has 6 nitrogen and oxygen atoms in total. The van der Waals surface area contributed by atoms with Gasteiger partial charge < -0.3 is 9.32 Å². The van der Waals surface area contributed by atoms with Crippen molar-refractivity contribution >= 4 is 11.8 Å². The van der Waals surface area contributed by atoms with Crippen molar-refractivity contribution < 1.29 is 14.0 Å². The van der Waals surface area contributed by atoms with E-state index < -0.39 is 11.8 Å². The Morgan fingerprint density at radius 2 is 2.10 bits per heavy atom. The molecule has 0 radical (unpaired) electrons. The van der Waals surface area contributed by atoms with Crippen LogP contribution in [0, 0.1) is 11.3 Å². The predicted molar refractivity (Wildman–Crippen MR) is 74.3 cm³/mol. The van der Waals surface area contributed by atoms with Gasteiger partial charge in [0.25, 0.3) is 11.8 Å². The van der Waals surface area contributed by atoms with Crippen LogP contribution in [-0.4, -0.2) is 35.7 Å². The second kappa shape index (κ2) is 5.67. The fourth-order valence-corrected chi connectivity index (χ4v) is 2.07. The topological polar surface area (TPSA) is 77.5 Å². The Kier molecular flexibility index (Phi) is 3.94. The first-order chi connectivity index (χ1) is 9.95. The summed E-state index contributed by atoms with van der Waals surface area (Å²) in [6.07, 6.45) is 3.08. The van der Waals surface area contributed by atoms with E-state index in [0.29, 0.717) is 16.9 Å². The Morgan fingerprint density at radius 3 is 2.62 bits per heavy atom. The van der Waals surface area contributed by atoms with E-state index in [1.54, 1.807) is 44.3 Å². The van der Waals surface area contributed by atoms with Gasteiger partial charge in [-0.25, -0.2) is 0 Å². The van der Waals surface area contributed by atoms with Gasteiger partial charge in [-0.15, -0.1) is 0 Å². The molecule has 0 aliphatic carbocycles. The molecule has 1 aliphatic heterocycles. The lowest BCUT2D eigenvalue weighted by molar-refractivity contribution is -0.141. The summed E-state index contributed by atoms with van der Waals surface area (Å²) >= 11 is 0. The minimum Gasteiger partial charge on any atom is -0.467 e. The minimum absolute atomic E-state index is 0.00783. The Bertz CT molecular complexity index is 676. The monoisotopic (exact) mass is 285 g/mol. The molecule has 0 N–H and O–H groups in total. The van der Waals surface area contributed by atoms with E-state index in [2.05, 4.69) is 0 Å². The Balaban J connectivity index is 2.47. The van der Waals surface area contributed by atoms with Crippen molar-refractivity contribution in [1.29, 1.82) is 5.26 Å². The molecule has 0 aromatic carbocycles. The van der Waals surface area contributed by atoms with Gasteiger partial charge in [-0.3, -0.25) is 14.5 Å². The molecule has 6 heteroatoms. The molecule has 2 rings (SSSR count). The zero-order valence-electron chi connectivity index (χ0n) is 12.1. The molecule has 2 heterocycles. The van der Waals surface area contributed by atoms with Crippen LogP contribution in [-0.2, 0) is 16.1 Å². The van der Waals surface area contributed by atoms with Gasteiger partial charge in [0, 0.05) is 20.3 Å². The van der Waals surface area contributed by atoms with Gasteiger partial charge in [-0.1, -0.05) is 0 Å². The molecule has 0 atom stereocenters. The largest absolute Gasteiger partial charge is 0.467 e. The van der Waals surface area contributed by atoms with Crippen molar-refractivity contribution in [1.82, 2.24) is 9.80 Å². The van der Waals surface area contributed by atoms with Gasteiger partial charge in [-0.05, 0) is 24.6 Å². The number of furan rings is 1. The van der Waals surface area contributed by atoms with Crippen LogP contribution in [0.1, 0.15) is 12.7 Å². The number of nitrogens with zero attached hydrogens (tertiary/aromatic N) is 3. The van der Waals surface area contributed by atoms with Crippen LogP contribution in [0.5, 0.6) is 0 Å². The molecular weight excluding hydrogens is 270 g/mol. The lowest BCUT2D eigenvalue weighted by Crippen LogP contribution is -2.42. The molecule has 1 aromatic rings. The average molecular weight is 285 g/mol. The molecule has 0 spiro atoms. The van der Waals surface area contributed by atoms with Crippen molar-refractivity contribution in [3.05, 3.63) is 47.1 Å². The number of carbonyl (C=O) groups excluding carboxylic acids is 2. The second-order valence-electron chi connectivity index (χ2n) is 4.89. The number of rotatable bonds is 3. The third-order valence-corrected chi connectivity index (χ3v) is 3.11. The summed E-state index contributed by atoms with van der Waals surface area (Å²) in [5.74, 6) is -0.536. The lowest BCUT2D eigenvalue weighted by Gasteiger charge is -2.27. The Hall–Kier alpha value is -2.81. The first-order valence-electron chi connectivity index (χ1n) is 6.34. The van der Waals surface area contributed by atoms with Gasteiger partial charge in [0.1, 0.15) is 17.4 Å². The van der Waals surface area contributed by atoms with Gasteiger partial charge in [0.05, 0.1) is 18.4 Å². The van der Waals surface area contributed by atoms with Crippen molar-refractivity contribution in [3.8, 4) is 6.07 Å². The SMILES string of the molecule is CC1=C(C#N)C(=O)N(Cc2ccco2)C(=O)/C1=C\N(C)C. The third-order valence-electron chi connectivity index (χ3n) is 3.11. The fourth-order valence-electron chi connectivity index (χ4n) is 2.07. The minimum atomic E-state index is -0.590. The van der Waals surface area contributed by atoms with Crippen LogP contribution in [0.3, 0.4) is 0 Å². The second-order valence-corrected chi connectivity index (χ2v) is 4.89. The third kappa shape index (κ3) is 2.72. The van der Waals surface area contributed by atoms with Crippen LogP contribution in [0.2, 0.25) is 0 Å². The number of nitriles is 1. The molecule has 0 saturated heterocycles. The van der Waals surface area contributed by atoms with E-state index in [4.69, 9.17) is 4.42 Å². The quantitative estimate of drug-likeness (QED) is 0.620. The first-order valence-corrected chi connectivity index (χ1v) is 6.34. The highest BCUT2D eigenvalue weighted by molar-refractivity contribution is 6.17. The first kappa shape index (κ1) is 14.6. The zero-order valence-corrected chi connectivity index (χ0v) is 12.1. The maximum absolute atomic E-state index is 12.5. The summed E-state index contributed by atoms with van der Waals surface area (Å²) in [6.45, 7) is 1.61. The number of imide groups is 1. The summed E-state index contributed by atoms with van der Waals surface area (Å²) in [5, 5.41) is 9.18. The van der Waals surface area contributed by atoms with Gasteiger partial charge in [0.15, 0.2) is 0 Å². The van der Waals surface area contributed by atoms with E-state index in [9.17, 15) is 14.9 Å². The van der Waals surface area contributed by atoms with Crippen LogP contribution in [0.15, 0.2) is 45.7 Å². The van der Waals surface area contributed by atoms with Crippen molar-refractivity contribution in [2.75, 3.05) is 14.1 Å². The zero-order chi connectivity index (χ0) is 15.6. The molecule has 21 heavy (non-hydrogen) atoms. The Labute approximate surface area is 122 Å². The molecule has 0 bridgehead atoms.